The van der Waals surface area contributed by atoms with E-state index in [0.717, 1.165) is 16.5 Å². The van der Waals surface area contributed by atoms with Gasteiger partial charge < -0.3 is 24.5 Å². The van der Waals surface area contributed by atoms with Crippen molar-refractivity contribution in [3.63, 3.8) is 0 Å². The summed E-state index contributed by atoms with van der Waals surface area (Å²) in [5, 5.41) is 0.833. The Morgan fingerprint density at radius 1 is 1.32 bits per heavy atom. The molecular formula is C25H21N3O6. The number of aromatic nitrogens is 2. The number of nitrogen functional groups attached to an aromatic ring is 1. The second-order valence-electron chi connectivity index (χ2n) is 8.53. The van der Waals surface area contributed by atoms with Crippen molar-refractivity contribution in [3.8, 4) is 11.4 Å². The number of para-hydroxylation sites is 1. The van der Waals surface area contributed by atoms with E-state index in [4.69, 9.17) is 24.9 Å². The first-order valence-corrected chi connectivity index (χ1v) is 11.1. The Balaban J connectivity index is 1.63. The molecule has 6 rings (SSSR count). The van der Waals surface area contributed by atoms with Crippen LogP contribution in [-0.2, 0) is 42.6 Å². The highest BCUT2D eigenvalue weighted by Gasteiger charge is 2.67. The van der Waals surface area contributed by atoms with Gasteiger partial charge in [-0.3, -0.25) is 4.79 Å². The summed E-state index contributed by atoms with van der Waals surface area (Å²) in [6.45, 7) is 3.82. The molecule has 2 unspecified atom stereocenters. The van der Waals surface area contributed by atoms with Gasteiger partial charge in [-0.15, -0.1) is 0 Å². The fourth-order valence-corrected chi connectivity index (χ4v) is 5.15. The van der Waals surface area contributed by atoms with Gasteiger partial charge in [0, 0.05) is 22.6 Å². The maximum Gasteiger partial charge on any atom is 0.346 e. The van der Waals surface area contributed by atoms with Crippen molar-refractivity contribution < 1.29 is 23.8 Å². The summed E-state index contributed by atoms with van der Waals surface area (Å²) < 4.78 is 17.6. The molecule has 34 heavy (non-hydrogen) atoms. The zero-order valence-electron chi connectivity index (χ0n) is 18.6. The van der Waals surface area contributed by atoms with Crippen LogP contribution in [0.4, 0.5) is 5.69 Å². The van der Waals surface area contributed by atoms with E-state index in [1.807, 2.05) is 24.3 Å². The largest absolute Gasteiger partial charge is 0.463 e. The normalized spacial score (nSPS) is 21.9. The Bertz CT molecular complexity index is 1520. The first-order valence-electron chi connectivity index (χ1n) is 11.1. The van der Waals surface area contributed by atoms with E-state index in [1.54, 1.807) is 24.5 Å². The number of fused-ring (bicyclic) bond motifs is 6. The van der Waals surface area contributed by atoms with Gasteiger partial charge in [0.2, 0.25) is 5.60 Å². The second kappa shape index (κ2) is 7.01. The van der Waals surface area contributed by atoms with Gasteiger partial charge in [0.05, 0.1) is 41.3 Å². The summed E-state index contributed by atoms with van der Waals surface area (Å²) in [7, 11) is 0. The van der Waals surface area contributed by atoms with E-state index >= 15 is 0 Å². The van der Waals surface area contributed by atoms with Crippen LogP contribution in [0.3, 0.4) is 0 Å². The van der Waals surface area contributed by atoms with Crippen molar-refractivity contribution in [1.29, 1.82) is 0 Å². The van der Waals surface area contributed by atoms with Crippen LogP contribution < -0.4 is 11.3 Å². The van der Waals surface area contributed by atoms with Crippen LogP contribution in [0.2, 0.25) is 0 Å². The summed E-state index contributed by atoms with van der Waals surface area (Å²) >= 11 is 0. The first-order chi connectivity index (χ1) is 16.4. The predicted octanol–water partition coefficient (Wildman–Crippen LogP) is 2.25. The lowest BCUT2D eigenvalue weighted by atomic mass is 9.88. The van der Waals surface area contributed by atoms with E-state index < -0.39 is 23.6 Å². The van der Waals surface area contributed by atoms with Gasteiger partial charge in [-0.05, 0) is 31.6 Å². The maximum atomic E-state index is 13.6. The molecule has 3 aliphatic heterocycles. The Morgan fingerprint density at radius 2 is 2.09 bits per heavy atom. The third-order valence-corrected chi connectivity index (χ3v) is 6.75. The Kier molecular flexibility index (Phi) is 4.25. The number of esters is 2. The molecule has 3 aliphatic rings. The summed E-state index contributed by atoms with van der Waals surface area (Å²) in [5.74, 6) is -0.997. The second-order valence-corrected chi connectivity index (χ2v) is 8.53. The Labute approximate surface area is 193 Å². The summed E-state index contributed by atoms with van der Waals surface area (Å²) in [6.07, 6.45) is 2.61. The number of benzene rings is 1. The molecule has 0 amide bonds. The molecule has 1 aromatic carbocycles. The van der Waals surface area contributed by atoms with Crippen molar-refractivity contribution in [2.75, 3.05) is 12.3 Å². The minimum Gasteiger partial charge on any atom is -0.463 e. The van der Waals surface area contributed by atoms with Crippen LogP contribution in [-0.4, -0.2) is 34.2 Å². The molecule has 172 valence electrons. The molecule has 1 saturated heterocycles. The van der Waals surface area contributed by atoms with Crippen molar-refractivity contribution in [2.45, 2.75) is 38.7 Å². The minimum absolute atomic E-state index is 0.156. The van der Waals surface area contributed by atoms with Gasteiger partial charge in [-0.2, -0.15) is 0 Å². The van der Waals surface area contributed by atoms with E-state index in [9.17, 15) is 14.4 Å². The molecule has 2 aromatic heterocycles. The average Bonchev–Trinajstić information content (AvgIpc) is 3.32. The van der Waals surface area contributed by atoms with E-state index in [-0.39, 0.29) is 31.0 Å². The van der Waals surface area contributed by atoms with Crippen molar-refractivity contribution in [3.05, 3.63) is 62.9 Å². The third-order valence-electron chi connectivity index (χ3n) is 6.75. The lowest BCUT2D eigenvalue weighted by molar-refractivity contribution is -0.154. The number of hydrogen-bond donors (Lipinski definition) is 1. The van der Waals surface area contributed by atoms with Crippen LogP contribution >= 0.6 is 0 Å². The molecule has 9 nitrogen and oxygen atoms in total. The van der Waals surface area contributed by atoms with E-state index in [1.165, 1.54) is 6.08 Å². The fraction of sp³-hybridized carbons (Fsp3) is 0.280. The molecule has 2 N–H and O–H groups in total. The van der Waals surface area contributed by atoms with E-state index in [2.05, 4.69) is 0 Å². The average molecular weight is 459 g/mol. The van der Waals surface area contributed by atoms with Gasteiger partial charge in [0.15, 0.2) is 0 Å². The number of anilines is 1. The Hall–Kier alpha value is -3.98. The van der Waals surface area contributed by atoms with Crippen LogP contribution in [0.1, 0.15) is 36.1 Å². The highest BCUT2D eigenvalue weighted by Crippen LogP contribution is 2.54. The van der Waals surface area contributed by atoms with Gasteiger partial charge in [-0.25, -0.2) is 14.6 Å². The van der Waals surface area contributed by atoms with Crippen molar-refractivity contribution >= 4 is 34.6 Å². The molecular weight excluding hydrogens is 438 g/mol. The molecule has 3 aromatic rings. The quantitative estimate of drug-likeness (QED) is 0.281. The molecule has 2 atom stereocenters. The summed E-state index contributed by atoms with van der Waals surface area (Å²) in [5.41, 5.74) is 9.21. The third kappa shape index (κ3) is 2.58. The predicted molar refractivity (Wildman–Crippen MR) is 123 cm³/mol. The lowest BCUT2D eigenvalue weighted by Crippen LogP contribution is -2.39. The SMILES string of the molecule is CCOC(=O)C=Cc1c2c(nc3ccccc13)-c1c(N)c3c(c(=O)n1C2)COC(=O)C31OC1C. The highest BCUT2D eigenvalue weighted by molar-refractivity contribution is 5.99. The number of carbonyl (C=O) groups excluding carboxylic acids is 2. The van der Waals surface area contributed by atoms with Crippen molar-refractivity contribution in [1.82, 2.24) is 9.55 Å². The highest BCUT2D eigenvalue weighted by atomic mass is 16.7. The first kappa shape index (κ1) is 20.6. The minimum atomic E-state index is -1.35. The van der Waals surface area contributed by atoms with Crippen LogP contribution in [0.5, 0.6) is 0 Å². The van der Waals surface area contributed by atoms with Gasteiger partial charge in [0.1, 0.15) is 12.7 Å². The molecule has 0 bridgehead atoms. The maximum absolute atomic E-state index is 13.6. The molecule has 0 aliphatic carbocycles. The smallest absolute Gasteiger partial charge is 0.346 e. The molecule has 0 saturated carbocycles. The standard InChI is InChI=1S/C25H21N3O6/c1-3-32-18(29)9-8-13-14-6-4-5-7-17(14)27-21-15(13)10-28-22(21)20(26)19-16(23(28)30)11-33-24(31)25(19)12(2)34-25/h4-9,12H,3,10-11,26H2,1-2H3. The number of nitrogens with zero attached hydrogens (tertiary/aromatic N) is 2. The number of cyclic esters (lactones) is 1. The Morgan fingerprint density at radius 3 is 2.82 bits per heavy atom. The molecule has 5 heterocycles. The molecule has 9 heteroatoms. The monoisotopic (exact) mass is 459 g/mol. The number of rotatable bonds is 3. The zero-order valence-corrected chi connectivity index (χ0v) is 18.6. The summed E-state index contributed by atoms with van der Waals surface area (Å²) in [4.78, 5) is 43.0. The van der Waals surface area contributed by atoms with Crippen LogP contribution in [0.15, 0.2) is 35.1 Å². The molecule has 1 spiro atoms. The molecule has 1 fully saturated rings. The zero-order chi connectivity index (χ0) is 23.8. The number of hydrogen-bond acceptors (Lipinski definition) is 8. The van der Waals surface area contributed by atoms with Gasteiger partial charge in [0.25, 0.3) is 5.56 Å². The van der Waals surface area contributed by atoms with Crippen molar-refractivity contribution in [2.24, 2.45) is 0 Å². The number of epoxide rings is 1. The van der Waals surface area contributed by atoms with E-state index in [0.29, 0.717) is 28.0 Å². The van der Waals surface area contributed by atoms with Gasteiger partial charge in [-0.1, -0.05) is 18.2 Å². The summed E-state index contributed by atoms with van der Waals surface area (Å²) in [6, 6.07) is 7.52. The topological polar surface area (TPSA) is 126 Å². The number of carbonyl (C=O) groups is 2. The van der Waals surface area contributed by atoms with Crippen LogP contribution in [0.25, 0.3) is 28.4 Å². The number of pyridine rings is 2. The van der Waals surface area contributed by atoms with Crippen LogP contribution in [0, 0.1) is 0 Å². The fourth-order valence-electron chi connectivity index (χ4n) is 5.15. The number of nitrogens with two attached hydrogens (primary N) is 1. The number of ether oxygens (including phenoxy) is 3. The molecule has 0 radical (unpaired) electrons. The van der Waals surface area contributed by atoms with Gasteiger partial charge >= 0.3 is 11.9 Å². The lowest BCUT2D eigenvalue weighted by Gasteiger charge is -2.25.